The van der Waals surface area contributed by atoms with Crippen molar-refractivity contribution in [2.24, 2.45) is 0 Å². The quantitative estimate of drug-likeness (QED) is 0.537. The van der Waals surface area contributed by atoms with Crippen LogP contribution in [0.15, 0.2) is 0 Å². The minimum atomic E-state index is -0.386. The molecule has 3 nitrogen and oxygen atoms in total. The van der Waals surface area contributed by atoms with Gasteiger partial charge in [0.2, 0.25) is 0 Å². The Morgan fingerprint density at radius 2 is 1.95 bits per heavy atom. The van der Waals surface area contributed by atoms with Crippen LogP contribution >= 0.6 is 0 Å². The van der Waals surface area contributed by atoms with Crippen LogP contribution in [0.3, 0.4) is 0 Å². The van der Waals surface area contributed by atoms with Gasteiger partial charge in [0.1, 0.15) is 5.54 Å². The van der Waals surface area contributed by atoms with Crippen LogP contribution in [0, 0.1) is 11.3 Å². The lowest BCUT2D eigenvalue weighted by Gasteiger charge is -2.23. The second kappa shape index (κ2) is 9.34. The van der Waals surface area contributed by atoms with Gasteiger partial charge in [-0.3, -0.25) is 5.32 Å². The maximum atomic E-state index is 9.24. The number of rotatable bonds is 8. The summed E-state index contributed by atoms with van der Waals surface area (Å²) in [7, 11) is 0. The highest BCUT2D eigenvalue weighted by molar-refractivity contribution is 5.03. The minimum absolute atomic E-state index is 0.386. The van der Waals surface area contributed by atoms with Gasteiger partial charge in [-0.15, -0.1) is 0 Å². The average Bonchev–Trinajstić information content (AvgIpc) is 2.70. The fraction of sp³-hybridized carbons (Fsp3) is 0.938. The van der Waals surface area contributed by atoms with Gasteiger partial charge in [0, 0.05) is 6.61 Å². The van der Waals surface area contributed by atoms with E-state index in [0.717, 1.165) is 32.4 Å². The van der Waals surface area contributed by atoms with E-state index >= 15 is 0 Å². The zero-order valence-electron chi connectivity index (χ0n) is 12.7. The molecular weight excluding hydrogens is 236 g/mol. The van der Waals surface area contributed by atoms with Crippen molar-refractivity contribution >= 4 is 0 Å². The third kappa shape index (κ3) is 6.94. The van der Waals surface area contributed by atoms with Gasteiger partial charge in [0.25, 0.3) is 0 Å². The van der Waals surface area contributed by atoms with Crippen LogP contribution in [-0.4, -0.2) is 24.8 Å². The Bertz CT molecular complexity index is 266. The molecule has 1 unspecified atom stereocenters. The molecule has 1 fully saturated rings. The highest BCUT2D eigenvalue weighted by Gasteiger charge is 2.22. The molecule has 0 aromatic rings. The van der Waals surface area contributed by atoms with E-state index in [0.29, 0.717) is 6.10 Å². The highest BCUT2D eigenvalue weighted by Crippen LogP contribution is 2.20. The smallest absolute Gasteiger partial charge is 0.104 e. The molecule has 1 aliphatic rings. The van der Waals surface area contributed by atoms with Crippen LogP contribution < -0.4 is 5.32 Å². The van der Waals surface area contributed by atoms with Crippen molar-refractivity contribution in [2.75, 3.05) is 13.2 Å². The van der Waals surface area contributed by atoms with Gasteiger partial charge in [0.15, 0.2) is 0 Å². The molecule has 0 amide bonds. The largest absolute Gasteiger partial charge is 0.378 e. The lowest BCUT2D eigenvalue weighted by molar-refractivity contribution is 0.0390. The molecule has 0 radical (unpaired) electrons. The van der Waals surface area contributed by atoms with E-state index in [9.17, 15) is 5.26 Å². The second-order valence-corrected chi connectivity index (χ2v) is 5.96. The molecule has 1 atom stereocenters. The molecule has 0 aromatic carbocycles. The summed E-state index contributed by atoms with van der Waals surface area (Å²) in [5.41, 5.74) is -0.386. The van der Waals surface area contributed by atoms with Crippen LogP contribution in [0.25, 0.3) is 0 Å². The number of nitriles is 1. The van der Waals surface area contributed by atoms with Crippen LogP contribution in [-0.2, 0) is 4.74 Å². The number of hydrogen-bond donors (Lipinski definition) is 1. The SMILES string of the molecule is CCCNC(C)(C#N)CCCOC1CCCCCC1. The van der Waals surface area contributed by atoms with Gasteiger partial charge in [-0.25, -0.2) is 0 Å². The Kier molecular flexibility index (Phi) is 8.09. The summed E-state index contributed by atoms with van der Waals surface area (Å²) in [5, 5.41) is 12.6. The number of nitrogens with zero attached hydrogens (tertiary/aromatic N) is 1. The Morgan fingerprint density at radius 3 is 2.53 bits per heavy atom. The standard InChI is InChI=1S/C16H30N2O/c1-3-12-18-16(2,14-17)11-8-13-19-15-9-6-4-5-7-10-15/h15,18H,3-13H2,1-2H3. The molecule has 0 aliphatic heterocycles. The Morgan fingerprint density at radius 1 is 1.26 bits per heavy atom. The number of nitrogens with one attached hydrogen (secondary N) is 1. The van der Waals surface area contributed by atoms with Crippen LogP contribution in [0.5, 0.6) is 0 Å². The molecule has 0 saturated heterocycles. The van der Waals surface area contributed by atoms with Crippen molar-refractivity contribution in [1.29, 1.82) is 5.26 Å². The summed E-state index contributed by atoms with van der Waals surface area (Å²) in [6, 6.07) is 2.40. The molecule has 0 heterocycles. The Labute approximate surface area is 118 Å². The molecule has 3 heteroatoms. The molecule has 1 saturated carbocycles. The average molecular weight is 266 g/mol. The second-order valence-electron chi connectivity index (χ2n) is 5.96. The van der Waals surface area contributed by atoms with Crippen molar-refractivity contribution in [1.82, 2.24) is 5.32 Å². The summed E-state index contributed by atoms with van der Waals surface area (Å²) in [6.45, 7) is 5.83. The normalized spacial score (nSPS) is 20.5. The van der Waals surface area contributed by atoms with Gasteiger partial charge in [0.05, 0.1) is 12.2 Å². The van der Waals surface area contributed by atoms with Crippen LogP contribution in [0.4, 0.5) is 0 Å². The first-order valence-electron chi connectivity index (χ1n) is 7.98. The summed E-state index contributed by atoms with van der Waals surface area (Å²) >= 11 is 0. The zero-order valence-corrected chi connectivity index (χ0v) is 12.7. The summed E-state index contributed by atoms with van der Waals surface area (Å²) in [4.78, 5) is 0. The van der Waals surface area contributed by atoms with E-state index < -0.39 is 0 Å². The van der Waals surface area contributed by atoms with E-state index in [1.807, 2.05) is 6.92 Å². The molecule has 19 heavy (non-hydrogen) atoms. The fourth-order valence-corrected chi connectivity index (χ4v) is 2.67. The van der Waals surface area contributed by atoms with E-state index in [4.69, 9.17) is 4.74 Å². The first-order chi connectivity index (χ1) is 9.20. The Hall–Kier alpha value is -0.590. The molecule has 1 aliphatic carbocycles. The van der Waals surface area contributed by atoms with Crippen molar-refractivity contribution in [3.63, 3.8) is 0 Å². The maximum Gasteiger partial charge on any atom is 0.104 e. The van der Waals surface area contributed by atoms with Gasteiger partial charge in [-0.2, -0.15) is 5.26 Å². The number of hydrogen-bond acceptors (Lipinski definition) is 3. The third-order valence-electron chi connectivity index (χ3n) is 3.99. The van der Waals surface area contributed by atoms with Gasteiger partial charge in [-0.1, -0.05) is 32.6 Å². The van der Waals surface area contributed by atoms with E-state index in [1.54, 1.807) is 0 Å². The third-order valence-corrected chi connectivity index (χ3v) is 3.99. The predicted octanol–water partition coefficient (Wildman–Crippen LogP) is 3.79. The van der Waals surface area contributed by atoms with Crippen molar-refractivity contribution in [2.45, 2.75) is 83.3 Å². The highest BCUT2D eigenvalue weighted by atomic mass is 16.5. The number of ether oxygens (including phenoxy) is 1. The lowest BCUT2D eigenvalue weighted by atomic mass is 9.98. The monoisotopic (exact) mass is 266 g/mol. The molecule has 0 aromatic heterocycles. The molecule has 1 N–H and O–H groups in total. The van der Waals surface area contributed by atoms with E-state index in [1.165, 1.54) is 38.5 Å². The summed E-state index contributed by atoms with van der Waals surface area (Å²) in [5.74, 6) is 0. The molecule has 110 valence electrons. The van der Waals surface area contributed by atoms with Gasteiger partial charge < -0.3 is 4.74 Å². The zero-order chi connectivity index (χ0) is 14.0. The fourth-order valence-electron chi connectivity index (χ4n) is 2.67. The topological polar surface area (TPSA) is 45.0 Å². The van der Waals surface area contributed by atoms with Crippen molar-refractivity contribution in [3.05, 3.63) is 0 Å². The molecule has 1 rings (SSSR count). The molecule has 0 bridgehead atoms. The first kappa shape index (κ1) is 16.5. The predicted molar refractivity (Wildman–Crippen MR) is 79.0 cm³/mol. The molecule has 0 spiro atoms. The maximum absolute atomic E-state index is 9.24. The van der Waals surface area contributed by atoms with Crippen molar-refractivity contribution < 1.29 is 4.74 Å². The minimum Gasteiger partial charge on any atom is -0.378 e. The molecular formula is C16H30N2O. The van der Waals surface area contributed by atoms with Gasteiger partial charge in [-0.05, 0) is 45.6 Å². The lowest BCUT2D eigenvalue weighted by Crippen LogP contribution is -2.41. The first-order valence-corrected chi connectivity index (χ1v) is 7.98. The van der Waals surface area contributed by atoms with Crippen LogP contribution in [0.2, 0.25) is 0 Å². The van der Waals surface area contributed by atoms with E-state index in [2.05, 4.69) is 18.3 Å². The summed E-state index contributed by atoms with van der Waals surface area (Å²) < 4.78 is 5.97. The van der Waals surface area contributed by atoms with Gasteiger partial charge >= 0.3 is 0 Å². The Balaban J connectivity index is 2.16. The summed E-state index contributed by atoms with van der Waals surface area (Å²) in [6.07, 6.45) is 11.2. The van der Waals surface area contributed by atoms with Crippen molar-refractivity contribution in [3.8, 4) is 6.07 Å². The van der Waals surface area contributed by atoms with Crippen LogP contribution in [0.1, 0.15) is 71.6 Å². The van der Waals surface area contributed by atoms with E-state index in [-0.39, 0.29) is 5.54 Å².